The highest BCUT2D eigenvalue weighted by molar-refractivity contribution is 6.22. The third-order valence-corrected chi connectivity index (χ3v) is 6.11. The second-order valence-electron chi connectivity index (χ2n) is 8.78. The molecular formula is C29H31N3O6. The van der Waals surface area contributed by atoms with Crippen molar-refractivity contribution < 1.29 is 28.6 Å². The van der Waals surface area contributed by atoms with Crippen LogP contribution in [0.5, 0.6) is 17.2 Å². The molecule has 1 N–H and O–H groups in total. The molecule has 3 aromatic carbocycles. The van der Waals surface area contributed by atoms with E-state index in [-0.39, 0.29) is 18.9 Å². The van der Waals surface area contributed by atoms with Crippen LogP contribution in [0.1, 0.15) is 25.3 Å². The number of nitrogens with zero attached hydrogens (tertiary/aromatic N) is 2. The molecule has 3 aromatic rings. The third-order valence-electron chi connectivity index (χ3n) is 6.11. The summed E-state index contributed by atoms with van der Waals surface area (Å²) >= 11 is 0. The Hall–Kier alpha value is -4.53. The van der Waals surface area contributed by atoms with E-state index in [9.17, 15) is 14.4 Å². The van der Waals surface area contributed by atoms with E-state index in [1.54, 1.807) is 67.8 Å². The van der Waals surface area contributed by atoms with Crippen molar-refractivity contribution >= 4 is 29.2 Å². The van der Waals surface area contributed by atoms with Gasteiger partial charge in [-0.1, -0.05) is 25.1 Å². The predicted octanol–water partition coefficient (Wildman–Crippen LogP) is 4.86. The lowest BCUT2D eigenvalue weighted by Crippen LogP contribution is -2.37. The first-order valence-electron chi connectivity index (χ1n) is 12.4. The third kappa shape index (κ3) is 6.05. The highest BCUT2D eigenvalue weighted by Crippen LogP contribution is 2.31. The number of urea groups is 1. The minimum absolute atomic E-state index is 0.129. The molecule has 0 aliphatic carbocycles. The number of rotatable bonds is 11. The standard InChI is InChI=1S/C29H31N3O6/c1-4-15-38-23-13-11-21(12-14-23)30-27(33)18-26-28(34)32(22-8-6-10-25(17-22)37-3)29(35)31(26)19-20-7-5-9-24(16-20)36-2/h5-14,16-17,26H,4,15,18-19H2,1-3H3,(H,30,33)/t26-/m1/s1. The summed E-state index contributed by atoms with van der Waals surface area (Å²) in [4.78, 5) is 42.7. The summed E-state index contributed by atoms with van der Waals surface area (Å²) < 4.78 is 16.2. The molecule has 1 saturated heterocycles. The largest absolute Gasteiger partial charge is 0.497 e. The maximum absolute atomic E-state index is 13.6. The van der Waals surface area contributed by atoms with Gasteiger partial charge in [0.2, 0.25) is 5.91 Å². The van der Waals surface area contributed by atoms with Crippen LogP contribution in [-0.4, -0.2) is 49.6 Å². The van der Waals surface area contributed by atoms with Gasteiger partial charge in [-0.2, -0.15) is 0 Å². The lowest BCUT2D eigenvalue weighted by molar-refractivity contribution is -0.124. The first kappa shape index (κ1) is 26.5. The average Bonchev–Trinajstić information content (AvgIpc) is 3.16. The van der Waals surface area contributed by atoms with E-state index >= 15 is 0 Å². The molecule has 1 aliphatic rings. The number of hydrogen-bond acceptors (Lipinski definition) is 6. The van der Waals surface area contributed by atoms with Crippen molar-refractivity contribution in [2.75, 3.05) is 31.0 Å². The molecule has 1 aliphatic heterocycles. The van der Waals surface area contributed by atoms with Gasteiger partial charge < -0.3 is 24.4 Å². The lowest BCUT2D eigenvalue weighted by Gasteiger charge is -2.22. The number of anilines is 2. The van der Waals surface area contributed by atoms with Crippen molar-refractivity contribution in [1.29, 1.82) is 0 Å². The van der Waals surface area contributed by atoms with Crippen LogP contribution in [0.2, 0.25) is 0 Å². The molecule has 0 aromatic heterocycles. The normalized spacial score (nSPS) is 15.0. The maximum Gasteiger partial charge on any atom is 0.332 e. The Morgan fingerprint density at radius 1 is 0.895 bits per heavy atom. The topological polar surface area (TPSA) is 97.4 Å². The zero-order chi connectivity index (χ0) is 27.1. The SMILES string of the molecule is CCCOc1ccc(NC(=O)C[C@@H]2C(=O)N(c3cccc(OC)c3)C(=O)N2Cc2cccc(OC)c2)cc1. The Morgan fingerprint density at radius 3 is 2.26 bits per heavy atom. The Bertz CT molecular complexity index is 1290. The Labute approximate surface area is 221 Å². The molecule has 4 rings (SSSR count). The first-order valence-corrected chi connectivity index (χ1v) is 12.4. The molecule has 0 unspecified atom stereocenters. The van der Waals surface area contributed by atoms with E-state index in [4.69, 9.17) is 14.2 Å². The van der Waals surface area contributed by atoms with E-state index in [1.807, 2.05) is 19.1 Å². The molecule has 1 atom stereocenters. The van der Waals surface area contributed by atoms with Crippen molar-refractivity contribution in [2.24, 2.45) is 0 Å². The minimum atomic E-state index is -0.993. The smallest absolute Gasteiger partial charge is 0.332 e. The second-order valence-corrected chi connectivity index (χ2v) is 8.78. The summed E-state index contributed by atoms with van der Waals surface area (Å²) in [6.07, 6.45) is 0.689. The molecule has 9 nitrogen and oxygen atoms in total. The molecule has 1 heterocycles. The number of methoxy groups -OCH3 is 2. The molecule has 38 heavy (non-hydrogen) atoms. The van der Waals surface area contributed by atoms with Gasteiger partial charge in [0.25, 0.3) is 5.91 Å². The summed E-state index contributed by atoms with van der Waals surface area (Å²) in [6, 6.07) is 19.5. The molecule has 0 radical (unpaired) electrons. The van der Waals surface area contributed by atoms with Gasteiger partial charge in [0.15, 0.2) is 0 Å². The van der Waals surface area contributed by atoms with Crippen LogP contribution in [-0.2, 0) is 16.1 Å². The van der Waals surface area contributed by atoms with Gasteiger partial charge in [0.05, 0.1) is 32.9 Å². The van der Waals surface area contributed by atoms with Crippen LogP contribution in [0.15, 0.2) is 72.8 Å². The van der Waals surface area contributed by atoms with Crippen LogP contribution < -0.4 is 24.4 Å². The zero-order valence-electron chi connectivity index (χ0n) is 21.7. The average molecular weight is 518 g/mol. The summed E-state index contributed by atoms with van der Waals surface area (Å²) in [7, 11) is 3.07. The highest BCUT2D eigenvalue weighted by atomic mass is 16.5. The minimum Gasteiger partial charge on any atom is -0.497 e. The monoisotopic (exact) mass is 517 g/mol. The van der Waals surface area contributed by atoms with Crippen molar-refractivity contribution in [3.05, 3.63) is 78.4 Å². The van der Waals surface area contributed by atoms with Gasteiger partial charge >= 0.3 is 6.03 Å². The number of amides is 4. The van der Waals surface area contributed by atoms with Gasteiger partial charge in [-0.05, 0) is 60.5 Å². The Kier molecular flexibility index (Phi) is 8.47. The van der Waals surface area contributed by atoms with Crippen LogP contribution in [0.25, 0.3) is 0 Å². The van der Waals surface area contributed by atoms with Gasteiger partial charge in [-0.15, -0.1) is 0 Å². The number of nitrogens with one attached hydrogen (secondary N) is 1. The van der Waals surface area contributed by atoms with Crippen molar-refractivity contribution in [3.63, 3.8) is 0 Å². The lowest BCUT2D eigenvalue weighted by atomic mass is 10.1. The van der Waals surface area contributed by atoms with Crippen molar-refractivity contribution in [1.82, 2.24) is 4.90 Å². The highest BCUT2D eigenvalue weighted by Gasteiger charge is 2.46. The predicted molar refractivity (Wildman–Crippen MR) is 144 cm³/mol. The molecule has 9 heteroatoms. The van der Waals surface area contributed by atoms with E-state index in [0.29, 0.717) is 35.2 Å². The molecule has 0 spiro atoms. The van der Waals surface area contributed by atoms with E-state index in [1.165, 1.54) is 12.0 Å². The molecule has 4 amide bonds. The van der Waals surface area contributed by atoms with Gasteiger partial charge in [0.1, 0.15) is 23.3 Å². The molecule has 198 valence electrons. The van der Waals surface area contributed by atoms with E-state index in [2.05, 4.69) is 5.32 Å². The number of imide groups is 1. The molecular weight excluding hydrogens is 486 g/mol. The maximum atomic E-state index is 13.6. The van der Waals surface area contributed by atoms with Crippen LogP contribution in [0.3, 0.4) is 0 Å². The number of ether oxygens (including phenoxy) is 3. The van der Waals surface area contributed by atoms with Gasteiger partial charge in [-0.3, -0.25) is 9.59 Å². The van der Waals surface area contributed by atoms with E-state index in [0.717, 1.165) is 16.9 Å². The summed E-state index contributed by atoms with van der Waals surface area (Å²) in [6.45, 7) is 2.76. The Morgan fingerprint density at radius 2 is 1.58 bits per heavy atom. The number of hydrogen-bond donors (Lipinski definition) is 1. The number of carbonyl (C=O) groups is 3. The quantitative estimate of drug-likeness (QED) is 0.365. The fourth-order valence-corrected chi connectivity index (χ4v) is 4.21. The first-order chi connectivity index (χ1) is 18.4. The summed E-state index contributed by atoms with van der Waals surface area (Å²) in [5.41, 5.74) is 1.71. The zero-order valence-corrected chi connectivity index (χ0v) is 21.7. The molecule has 1 fully saturated rings. The van der Waals surface area contributed by atoms with Gasteiger partial charge in [-0.25, -0.2) is 9.69 Å². The van der Waals surface area contributed by atoms with Crippen molar-refractivity contribution in [2.45, 2.75) is 32.4 Å². The second kappa shape index (κ2) is 12.1. The molecule has 0 bridgehead atoms. The Balaban J connectivity index is 1.56. The number of benzene rings is 3. The fourth-order valence-electron chi connectivity index (χ4n) is 4.21. The van der Waals surface area contributed by atoms with Crippen LogP contribution in [0, 0.1) is 0 Å². The fraction of sp³-hybridized carbons (Fsp3) is 0.276. The van der Waals surface area contributed by atoms with E-state index < -0.39 is 18.0 Å². The van der Waals surface area contributed by atoms with Crippen LogP contribution >= 0.6 is 0 Å². The van der Waals surface area contributed by atoms with Gasteiger partial charge in [0, 0.05) is 18.3 Å². The number of carbonyl (C=O) groups excluding carboxylic acids is 3. The summed E-state index contributed by atoms with van der Waals surface area (Å²) in [5.74, 6) is 0.978. The van der Waals surface area contributed by atoms with Crippen molar-refractivity contribution in [3.8, 4) is 17.2 Å². The van der Waals surface area contributed by atoms with Crippen LogP contribution in [0.4, 0.5) is 16.2 Å². The molecule has 0 saturated carbocycles. The summed E-state index contributed by atoms with van der Waals surface area (Å²) in [5, 5.41) is 2.82.